The second kappa shape index (κ2) is 7.80. The van der Waals surface area contributed by atoms with Gasteiger partial charge in [-0.3, -0.25) is 14.4 Å². The number of amides is 2. The van der Waals surface area contributed by atoms with Gasteiger partial charge in [-0.2, -0.15) is 0 Å². The van der Waals surface area contributed by atoms with Gasteiger partial charge in [0.05, 0.1) is 6.42 Å². The average Bonchev–Trinajstić information content (AvgIpc) is 3.47. The number of Topliss-reactive ketones (excluding diaryl/α,β-unsaturated/α-hetero) is 1. The molecule has 2 heterocycles. The Kier molecular flexibility index (Phi) is 5.51. The molecule has 1 aliphatic carbocycles. The van der Waals surface area contributed by atoms with Crippen molar-refractivity contribution >= 4 is 46.5 Å². The molecule has 0 aromatic heterocycles. The van der Waals surface area contributed by atoms with Crippen molar-refractivity contribution in [3.63, 3.8) is 0 Å². The first-order chi connectivity index (χ1) is 13.8. The van der Waals surface area contributed by atoms with Crippen LogP contribution >= 0.6 is 23.2 Å². The van der Waals surface area contributed by atoms with E-state index in [0.717, 1.165) is 18.5 Å². The van der Waals surface area contributed by atoms with E-state index in [-0.39, 0.29) is 35.9 Å². The molecule has 3 aliphatic rings. The lowest BCUT2D eigenvalue weighted by Crippen LogP contribution is -2.54. The monoisotopic (exact) mass is 437 g/mol. The molecule has 0 unspecified atom stereocenters. The first-order valence-corrected chi connectivity index (χ1v) is 10.9. The third kappa shape index (κ3) is 4.10. The number of rotatable bonds is 5. The number of hydrogen-bond donors (Lipinski definition) is 1. The highest BCUT2D eigenvalue weighted by molar-refractivity contribution is 6.35. The van der Waals surface area contributed by atoms with Crippen LogP contribution in [0.15, 0.2) is 18.2 Å². The number of piperazine rings is 1. The largest absolute Gasteiger partial charge is 0.368 e. The van der Waals surface area contributed by atoms with E-state index in [1.54, 1.807) is 6.07 Å². The predicted molar refractivity (Wildman–Crippen MR) is 112 cm³/mol. The minimum atomic E-state index is -0.828. The van der Waals surface area contributed by atoms with Gasteiger partial charge in [-0.1, -0.05) is 30.1 Å². The number of ketones is 1. The highest BCUT2D eigenvalue weighted by atomic mass is 35.5. The topological polar surface area (TPSA) is 69.7 Å². The maximum Gasteiger partial charge on any atom is 0.228 e. The maximum absolute atomic E-state index is 13.1. The van der Waals surface area contributed by atoms with Crippen molar-refractivity contribution < 1.29 is 14.4 Å². The molecule has 0 spiro atoms. The van der Waals surface area contributed by atoms with Crippen molar-refractivity contribution in [1.29, 1.82) is 0 Å². The number of nitrogens with one attached hydrogen (secondary N) is 1. The van der Waals surface area contributed by atoms with Gasteiger partial charge >= 0.3 is 0 Å². The van der Waals surface area contributed by atoms with Crippen LogP contribution < -0.4 is 10.2 Å². The lowest BCUT2D eigenvalue weighted by atomic mass is 9.81. The van der Waals surface area contributed by atoms with Crippen molar-refractivity contribution in [2.75, 3.05) is 31.1 Å². The van der Waals surface area contributed by atoms with E-state index >= 15 is 0 Å². The van der Waals surface area contributed by atoms with E-state index < -0.39 is 5.54 Å². The second-order valence-electron chi connectivity index (χ2n) is 8.44. The van der Waals surface area contributed by atoms with E-state index in [2.05, 4.69) is 10.2 Å². The third-order valence-electron chi connectivity index (χ3n) is 6.31. The number of carbonyl (C=O) groups is 3. The molecule has 1 N–H and O–H groups in total. The first kappa shape index (κ1) is 20.5. The summed E-state index contributed by atoms with van der Waals surface area (Å²) in [6.45, 7) is 4.46. The van der Waals surface area contributed by atoms with Crippen LogP contribution in [0.2, 0.25) is 10.0 Å². The zero-order valence-electron chi connectivity index (χ0n) is 16.4. The molecular weight excluding hydrogens is 413 g/mol. The third-order valence-corrected chi connectivity index (χ3v) is 6.75. The fraction of sp³-hybridized carbons (Fsp3) is 0.571. The van der Waals surface area contributed by atoms with Gasteiger partial charge < -0.3 is 15.1 Å². The molecule has 1 aromatic rings. The minimum Gasteiger partial charge on any atom is -0.368 e. The van der Waals surface area contributed by atoms with Gasteiger partial charge in [-0.15, -0.1) is 0 Å². The lowest BCUT2D eigenvalue weighted by Gasteiger charge is -2.38. The van der Waals surface area contributed by atoms with Gasteiger partial charge in [0, 0.05) is 47.8 Å². The van der Waals surface area contributed by atoms with E-state index in [0.29, 0.717) is 42.6 Å². The summed E-state index contributed by atoms with van der Waals surface area (Å²) in [4.78, 5) is 41.4. The number of anilines is 1. The molecule has 156 valence electrons. The van der Waals surface area contributed by atoms with E-state index in [4.69, 9.17) is 23.2 Å². The van der Waals surface area contributed by atoms with Gasteiger partial charge in [0.1, 0.15) is 5.54 Å². The van der Waals surface area contributed by atoms with Crippen molar-refractivity contribution in [2.24, 2.45) is 11.8 Å². The molecule has 3 fully saturated rings. The fourth-order valence-corrected chi connectivity index (χ4v) is 5.21. The first-order valence-electron chi connectivity index (χ1n) is 10.1. The number of benzene rings is 1. The molecule has 1 aromatic carbocycles. The molecule has 2 saturated heterocycles. The van der Waals surface area contributed by atoms with Crippen LogP contribution in [0, 0.1) is 11.8 Å². The van der Waals surface area contributed by atoms with Gasteiger partial charge in [0.2, 0.25) is 11.8 Å². The zero-order valence-corrected chi connectivity index (χ0v) is 17.9. The Morgan fingerprint density at radius 1 is 1.14 bits per heavy atom. The molecule has 2 amide bonds. The Bertz CT molecular complexity index is 829. The van der Waals surface area contributed by atoms with Crippen molar-refractivity contribution in [1.82, 2.24) is 10.2 Å². The van der Waals surface area contributed by atoms with E-state index in [1.807, 2.05) is 24.0 Å². The number of nitrogens with zero attached hydrogens (tertiary/aromatic N) is 2. The van der Waals surface area contributed by atoms with Crippen LogP contribution in [-0.4, -0.2) is 54.2 Å². The number of halogens is 2. The summed E-state index contributed by atoms with van der Waals surface area (Å²) >= 11 is 12.2. The highest BCUT2D eigenvalue weighted by Gasteiger charge is 2.56. The molecule has 2 atom stereocenters. The normalized spacial score (nSPS) is 25.9. The predicted octanol–water partition coefficient (Wildman–Crippen LogP) is 2.91. The Hall–Kier alpha value is -1.79. The second-order valence-corrected chi connectivity index (χ2v) is 9.31. The summed E-state index contributed by atoms with van der Waals surface area (Å²) in [6, 6.07) is 5.45. The van der Waals surface area contributed by atoms with Crippen molar-refractivity contribution in [3.8, 4) is 0 Å². The molecule has 6 nitrogen and oxygen atoms in total. The van der Waals surface area contributed by atoms with Gasteiger partial charge in [0.25, 0.3) is 0 Å². The Balaban J connectivity index is 1.38. The van der Waals surface area contributed by atoms with Gasteiger partial charge in [-0.05, 0) is 43.4 Å². The van der Waals surface area contributed by atoms with Gasteiger partial charge in [-0.25, -0.2) is 0 Å². The highest BCUT2D eigenvalue weighted by Crippen LogP contribution is 2.46. The molecule has 8 heteroatoms. The Morgan fingerprint density at radius 3 is 2.28 bits per heavy atom. The minimum absolute atomic E-state index is 0.0442. The van der Waals surface area contributed by atoms with Crippen molar-refractivity contribution in [3.05, 3.63) is 28.2 Å². The number of carbonyl (C=O) groups excluding carboxylic acids is 3. The summed E-state index contributed by atoms with van der Waals surface area (Å²) in [7, 11) is 0. The standard InChI is InChI=1S/C21H25Cl2N3O3/c1-13(12-21(14-2-3-14)18(27)11-19(28)24-21)20(29)26-6-4-25(5-7-26)17-9-15(22)8-16(23)10-17/h8-10,13-14H,2-7,11-12H2,1H3,(H,24,28)/t13-,21-/m1/s1. The fourth-order valence-electron chi connectivity index (χ4n) is 4.69. The summed E-state index contributed by atoms with van der Waals surface area (Å²) < 4.78 is 0. The summed E-state index contributed by atoms with van der Waals surface area (Å²) in [5.41, 5.74) is 0.125. The molecule has 0 bridgehead atoms. The van der Waals surface area contributed by atoms with Crippen LogP contribution in [0.25, 0.3) is 0 Å². The van der Waals surface area contributed by atoms with Gasteiger partial charge in [0.15, 0.2) is 5.78 Å². The van der Waals surface area contributed by atoms with E-state index in [1.165, 1.54) is 0 Å². The quantitative estimate of drug-likeness (QED) is 0.718. The SMILES string of the molecule is C[C@H](C[C@]1(C2CC2)NC(=O)CC1=O)C(=O)N1CCN(c2cc(Cl)cc(Cl)c2)CC1. The number of hydrogen-bond acceptors (Lipinski definition) is 4. The Labute approximate surface area is 180 Å². The van der Waals surface area contributed by atoms with Crippen LogP contribution in [0.5, 0.6) is 0 Å². The van der Waals surface area contributed by atoms with Crippen LogP contribution in [0.4, 0.5) is 5.69 Å². The molecule has 29 heavy (non-hydrogen) atoms. The summed E-state index contributed by atoms with van der Waals surface area (Å²) in [5, 5.41) is 4.10. The maximum atomic E-state index is 13.1. The molecule has 0 radical (unpaired) electrons. The molecule has 1 saturated carbocycles. The lowest BCUT2D eigenvalue weighted by molar-refractivity contribution is -0.137. The average molecular weight is 438 g/mol. The molecular formula is C21H25Cl2N3O3. The summed E-state index contributed by atoms with van der Waals surface area (Å²) in [5.74, 6) is -0.350. The molecule has 4 rings (SSSR count). The zero-order chi connectivity index (χ0) is 20.8. The Morgan fingerprint density at radius 2 is 1.76 bits per heavy atom. The van der Waals surface area contributed by atoms with E-state index in [9.17, 15) is 14.4 Å². The van der Waals surface area contributed by atoms with Crippen LogP contribution in [0.1, 0.15) is 32.6 Å². The van der Waals surface area contributed by atoms with Crippen LogP contribution in [0.3, 0.4) is 0 Å². The summed E-state index contributed by atoms with van der Waals surface area (Å²) in [6.07, 6.45) is 2.21. The van der Waals surface area contributed by atoms with Crippen LogP contribution in [-0.2, 0) is 14.4 Å². The van der Waals surface area contributed by atoms with Crippen molar-refractivity contribution in [2.45, 2.75) is 38.1 Å². The smallest absolute Gasteiger partial charge is 0.228 e. The molecule has 2 aliphatic heterocycles.